The van der Waals surface area contributed by atoms with E-state index < -0.39 is 0 Å². The number of nitrogens with one attached hydrogen (secondary N) is 1. The van der Waals surface area contributed by atoms with Gasteiger partial charge in [0.05, 0.1) is 18.2 Å². The Morgan fingerprint density at radius 3 is 2.75 bits per heavy atom. The summed E-state index contributed by atoms with van der Waals surface area (Å²) in [5.74, 6) is 0.582. The summed E-state index contributed by atoms with van der Waals surface area (Å²) in [6, 6.07) is 16.7. The smallest absolute Gasteiger partial charge is 0.251 e. The summed E-state index contributed by atoms with van der Waals surface area (Å²) in [5.41, 5.74) is 3.04. The van der Waals surface area contributed by atoms with Gasteiger partial charge in [-0.3, -0.25) is 4.79 Å². The van der Waals surface area contributed by atoms with Gasteiger partial charge in [-0.25, -0.2) is 9.67 Å². The molecule has 0 spiro atoms. The molecule has 1 N–H and O–H groups in total. The van der Waals surface area contributed by atoms with Crippen molar-refractivity contribution in [1.82, 2.24) is 20.1 Å². The van der Waals surface area contributed by atoms with E-state index in [2.05, 4.69) is 21.5 Å². The molecule has 0 atom stereocenters. The SMILES string of the molecule is CNC(=O)c1ccc(Cn2ncnc2-c2cccc(C#N)c2)cc1. The van der Waals surface area contributed by atoms with Crippen LogP contribution in [0.3, 0.4) is 0 Å². The van der Waals surface area contributed by atoms with E-state index in [9.17, 15) is 4.79 Å². The van der Waals surface area contributed by atoms with Gasteiger partial charge >= 0.3 is 0 Å². The third kappa shape index (κ3) is 3.15. The lowest BCUT2D eigenvalue weighted by Crippen LogP contribution is -2.17. The molecular weight excluding hydrogens is 302 g/mol. The molecule has 1 heterocycles. The molecule has 1 amide bonds. The predicted octanol–water partition coefficient (Wildman–Crippen LogP) is 2.22. The molecule has 3 aromatic rings. The lowest BCUT2D eigenvalue weighted by Gasteiger charge is -2.07. The average Bonchev–Trinajstić information content (AvgIpc) is 3.10. The third-order valence-electron chi connectivity index (χ3n) is 3.64. The number of rotatable bonds is 4. The van der Waals surface area contributed by atoms with Gasteiger partial charge in [0.1, 0.15) is 6.33 Å². The van der Waals surface area contributed by atoms with Crippen molar-refractivity contribution in [3.05, 3.63) is 71.5 Å². The highest BCUT2D eigenvalue weighted by molar-refractivity contribution is 5.93. The minimum Gasteiger partial charge on any atom is -0.355 e. The molecule has 3 rings (SSSR count). The molecule has 6 heteroatoms. The van der Waals surface area contributed by atoms with Crippen molar-refractivity contribution in [2.75, 3.05) is 7.05 Å². The molecule has 0 aliphatic carbocycles. The van der Waals surface area contributed by atoms with Crippen LogP contribution < -0.4 is 5.32 Å². The van der Waals surface area contributed by atoms with E-state index in [4.69, 9.17) is 5.26 Å². The molecule has 6 nitrogen and oxygen atoms in total. The number of nitrogens with zero attached hydrogens (tertiary/aromatic N) is 4. The first-order chi connectivity index (χ1) is 11.7. The Kier molecular flexibility index (Phi) is 4.34. The van der Waals surface area contributed by atoms with Gasteiger partial charge in [0, 0.05) is 18.2 Å². The standard InChI is InChI=1S/C18H15N5O/c1-20-18(24)15-7-5-13(6-8-15)11-23-17(21-12-22-23)16-4-2-3-14(9-16)10-19/h2-9,12H,11H2,1H3,(H,20,24). The number of nitriles is 1. The molecule has 118 valence electrons. The molecule has 0 bridgehead atoms. The topological polar surface area (TPSA) is 83.6 Å². The molecule has 0 fully saturated rings. The zero-order valence-electron chi connectivity index (χ0n) is 13.1. The maximum absolute atomic E-state index is 11.6. The Morgan fingerprint density at radius 2 is 2.04 bits per heavy atom. The molecule has 0 saturated carbocycles. The Morgan fingerprint density at radius 1 is 1.25 bits per heavy atom. The number of amides is 1. The van der Waals surface area contributed by atoms with Crippen LogP contribution in [-0.2, 0) is 6.54 Å². The molecule has 2 aromatic carbocycles. The average molecular weight is 317 g/mol. The lowest BCUT2D eigenvalue weighted by atomic mass is 10.1. The summed E-state index contributed by atoms with van der Waals surface area (Å²) in [5, 5.41) is 15.9. The van der Waals surface area contributed by atoms with Crippen molar-refractivity contribution in [3.63, 3.8) is 0 Å². The van der Waals surface area contributed by atoms with E-state index in [1.807, 2.05) is 24.3 Å². The monoisotopic (exact) mass is 317 g/mol. The van der Waals surface area contributed by atoms with Crippen molar-refractivity contribution in [1.29, 1.82) is 5.26 Å². The number of carbonyl (C=O) groups is 1. The van der Waals surface area contributed by atoms with Gasteiger partial charge in [0.2, 0.25) is 0 Å². The van der Waals surface area contributed by atoms with Crippen molar-refractivity contribution in [2.24, 2.45) is 0 Å². The number of hydrogen-bond acceptors (Lipinski definition) is 4. The summed E-state index contributed by atoms with van der Waals surface area (Å²) >= 11 is 0. The van der Waals surface area contributed by atoms with E-state index in [1.54, 1.807) is 36.0 Å². The van der Waals surface area contributed by atoms with Crippen molar-refractivity contribution < 1.29 is 4.79 Å². The van der Waals surface area contributed by atoms with Gasteiger partial charge < -0.3 is 5.32 Å². The van der Waals surface area contributed by atoms with Crippen LogP contribution in [0.4, 0.5) is 0 Å². The second-order valence-electron chi connectivity index (χ2n) is 5.21. The highest BCUT2D eigenvalue weighted by atomic mass is 16.1. The van der Waals surface area contributed by atoms with Crippen LogP contribution in [0.1, 0.15) is 21.5 Å². The highest BCUT2D eigenvalue weighted by Gasteiger charge is 2.09. The van der Waals surface area contributed by atoms with Crippen LogP contribution in [0.2, 0.25) is 0 Å². The summed E-state index contributed by atoms with van der Waals surface area (Å²) in [4.78, 5) is 15.9. The number of aromatic nitrogens is 3. The van der Waals surface area contributed by atoms with Crippen LogP contribution >= 0.6 is 0 Å². The van der Waals surface area contributed by atoms with Gasteiger partial charge in [-0.1, -0.05) is 24.3 Å². The maximum atomic E-state index is 11.6. The minimum atomic E-state index is -0.115. The van der Waals surface area contributed by atoms with E-state index >= 15 is 0 Å². The van der Waals surface area contributed by atoms with E-state index in [-0.39, 0.29) is 5.91 Å². The molecule has 0 radical (unpaired) electrons. The second kappa shape index (κ2) is 6.75. The van der Waals surface area contributed by atoms with Gasteiger partial charge in [-0.2, -0.15) is 10.4 Å². The Hall–Kier alpha value is -3.46. The third-order valence-corrected chi connectivity index (χ3v) is 3.64. The fourth-order valence-electron chi connectivity index (χ4n) is 2.41. The molecular formula is C18H15N5O. The second-order valence-corrected chi connectivity index (χ2v) is 5.21. The first-order valence-electron chi connectivity index (χ1n) is 7.40. The predicted molar refractivity (Wildman–Crippen MR) is 89.1 cm³/mol. The first kappa shape index (κ1) is 15.4. The Labute approximate surface area is 139 Å². The van der Waals surface area contributed by atoms with Crippen molar-refractivity contribution in [3.8, 4) is 17.5 Å². The Balaban J connectivity index is 1.86. The van der Waals surface area contributed by atoms with Crippen molar-refractivity contribution in [2.45, 2.75) is 6.54 Å². The van der Waals surface area contributed by atoms with E-state index in [1.165, 1.54) is 6.33 Å². The number of carbonyl (C=O) groups excluding carboxylic acids is 1. The summed E-state index contributed by atoms with van der Waals surface area (Å²) in [7, 11) is 1.60. The zero-order valence-corrected chi connectivity index (χ0v) is 13.1. The normalized spacial score (nSPS) is 10.2. The van der Waals surface area contributed by atoms with Crippen LogP contribution in [-0.4, -0.2) is 27.7 Å². The maximum Gasteiger partial charge on any atom is 0.251 e. The van der Waals surface area contributed by atoms with Gasteiger partial charge in [-0.15, -0.1) is 0 Å². The van der Waals surface area contributed by atoms with Crippen LogP contribution in [0.15, 0.2) is 54.9 Å². The summed E-state index contributed by atoms with van der Waals surface area (Å²) < 4.78 is 1.77. The van der Waals surface area contributed by atoms with Crippen molar-refractivity contribution >= 4 is 5.91 Å². The fourth-order valence-corrected chi connectivity index (χ4v) is 2.41. The van der Waals surface area contributed by atoms with Gasteiger partial charge in [0.25, 0.3) is 5.91 Å². The quantitative estimate of drug-likeness (QED) is 0.800. The number of hydrogen-bond donors (Lipinski definition) is 1. The molecule has 0 saturated heterocycles. The largest absolute Gasteiger partial charge is 0.355 e. The molecule has 0 aliphatic heterocycles. The first-order valence-corrected chi connectivity index (χ1v) is 7.40. The lowest BCUT2D eigenvalue weighted by molar-refractivity contribution is 0.0963. The molecule has 0 unspecified atom stereocenters. The number of benzene rings is 2. The van der Waals surface area contributed by atoms with Gasteiger partial charge in [-0.05, 0) is 29.8 Å². The minimum absolute atomic E-state index is 0.115. The molecule has 1 aromatic heterocycles. The molecule has 0 aliphatic rings. The molecule has 24 heavy (non-hydrogen) atoms. The van der Waals surface area contributed by atoms with E-state index in [0.29, 0.717) is 23.5 Å². The van der Waals surface area contributed by atoms with Crippen LogP contribution in [0, 0.1) is 11.3 Å². The summed E-state index contributed by atoms with van der Waals surface area (Å²) in [6.07, 6.45) is 1.49. The van der Waals surface area contributed by atoms with Gasteiger partial charge in [0.15, 0.2) is 5.82 Å². The fraction of sp³-hybridized carbons (Fsp3) is 0.111. The van der Waals surface area contributed by atoms with Crippen LogP contribution in [0.5, 0.6) is 0 Å². The highest BCUT2D eigenvalue weighted by Crippen LogP contribution is 2.18. The summed E-state index contributed by atoms with van der Waals surface area (Å²) in [6.45, 7) is 0.528. The zero-order chi connectivity index (χ0) is 16.9. The Bertz CT molecular complexity index is 906. The van der Waals surface area contributed by atoms with Crippen LogP contribution in [0.25, 0.3) is 11.4 Å². The van der Waals surface area contributed by atoms with E-state index in [0.717, 1.165) is 11.1 Å².